The Morgan fingerprint density at radius 3 is 2.48 bits per heavy atom. The van der Waals surface area contributed by atoms with E-state index in [2.05, 4.69) is 38.1 Å². The van der Waals surface area contributed by atoms with Crippen LogP contribution in [-0.4, -0.2) is 20.3 Å². The lowest BCUT2D eigenvalue weighted by Crippen LogP contribution is -2.17. The monoisotopic (exact) mass is 313 g/mol. The Bertz CT molecular complexity index is 652. The first-order chi connectivity index (χ1) is 11.1. The fraction of sp³-hybridized carbons (Fsp3) is 0.400. The van der Waals surface area contributed by atoms with Crippen LogP contribution in [0.1, 0.15) is 35.1 Å². The largest absolute Gasteiger partial charge is 0.497 e. The molecular formula is C20H27NO2. The van der Waals surface area contributed by atoms with E-state index in [4.69, 9.17) is 15.2 Å². The number of ether oxygens (including phenoxy) is 2. The highest BCUT2D eigenvalue weighted by atomic mass is 16.5. The Hall–Kier alpha value is -2.00. The zero-order valence-electron chi connectivity index (χ0n) is 14.6. The molecule has 124 valence electrons. The maximum Gasteiger partial charge on any atom is 0.123 e. The minimum absolute atomic E-state index is 0.225. The van der Waals surface area contributed by atoms with Crippen molar-refractivity contribution in [3.63, 3.8) is 0 Å². The van der Waals surface area contributed by atoms with Gasteiger partial charge in [0.25, 0.3) is 0 Å². The van der Waals surface area contributed by atoms with E-state index in [1.165, 1.54) is 22.3 Å². The predicted octanol–water partition coefficient (Wildman–Crippen LogP) is 4.00. The van der Waals surface area contributed by atoms with Crippen LogP contribution in [0.5, 0.6) is 11.5 Å². The second-order valence-corrected chi connectivity index (χ2v) is 5.90. The number of nitrogens with two attached hydrogens (primary N) is 1. The minimum atomic E-state index is 0.225. The second-order valence-electron chi connectivity index (χ2n) is 5.90. The van der Waals surface area contributed by atoms with Crippen molar-refractivity contribution in [1.82, 2.24) is 0 Å². The third-order valence-electron chi connectivity index (χ3n) is 4.27. The first-order valence-corrected chi connectivity index (χ1v) is 8.16. The standard InChI is InChI=1S/C20H27NO2/c1-5-23-20-10-15(3)14(2)9-19(20)17(13-21)11-16-7-6-8-18(12-16)22-4/h6-10,12,17H,5,11,13,21H2,1-4H3. The predicted molar refractivity (Wildman–Crippen MR) is 95.6 cm³/mol. The Morgan fingerprint density at radius 2 is 1.83 bits per heavy atom. The van der Waals surface area contributed by atoms with Gasteiger partial charge in [-0.1, -0.05) is 18.2 Å². The lowest BCUT2D eigenvalue weighted by molar-refractivity contribution is 0.333. The van der Waals surface area contributed by atoms with E-state index in [9.17, 15) is 0 Å². The van der Waals surface area contributed by atoms with Crippen LogP contribution in [0.2, 0.25) is 0 Å². The molecule has 1 atom stereocenters. The second kappa shape index (κ2) is 8.02. The Morgan fingerprint density at radius 1 is 1.09 bits per heavy atom. The van der Waals surface area contributed by atoms with Gasteiger partial charge >= 0.3 is 0 Å². The molecule has 0 radical (unpaired) electrons. The van der Waals surface area contributed by atoms with Crippen LogP contribution in [0, 0.1) is 13.8 Å². The zero-order chi connectivity index (χ0) is 16.8. The highest BCUT2D eigenvalue weighted by Gasteiger charge is 2.17. The van der Waals surface area contributed by atoms with Gasteiger partial charge in [0.1, 0.15) is 11.5 Å². The van der Waals surface area contributed by atoms with Crippen molar-refractivity contribution < 1.29 is 9.47 Å². The van der Waals surface area contributed by atoms with E-state index in [-0.39, 0.29) is 5.92 Å². The molecule has 1 unspecified atom stereocenters. The summed E-state index contributed by atoms with van der Waals surface area (Å²) in [4.78, 5) is 0. The van der Waals surface area contributed by atoms with Gasteiger partial charge in [-0.05, 0) is 74.2 Å². The van der Waals surface area contributed by atoms with Gasteiger partial charge in [-0.25, -0.2) is 0 Å². The first kappa shape index (κ1) is 17.4. The molecule has 0 amide bonds. The first-order valence-electron chi connectivity index (χ1n) is 8.16. The van der Waals surface area contributed by atoms with Gasteiger partial charge in [0.2, 0.25) is 0 Å². The number of benzene rings is 2. The highest BCUT2D eigenvalue weighted by Crippen LogP contribution is 2.32. The summed E-state index contributed by atoms with van der Waals surface area (Å²) in [7, 11) is 1.69. The average Bonchev–Trinajstić information content (AvgIpc) is 2.56. The van der Waals surface area contributed by atoms with Crippen molar-refractivity contribution in [3.05, 3.63) is 58.7 Å². The molecule has 23 heavy (non-hydrogen) atoms. The maximum absolute atomic E-state index is 6.09. The van der Waals surface area contributed by atoms with Gasteiger partial charge in [-0.2, -0.15) is 0 Å². The van der Waals surface area contributed by atoms with E-state index < -0.39 is 0 Å². The van der Waals surface area contributed by atoms with E-state index in [1.807, 2.05) is 19.1 Å². The molecule has 0 fully saturated rings. The molecule has 0 aliphatic carbocycles. The van der Waals surface area contributed by atoms with Crippen LogP contribution in [0.4, 0.5) is 0 Å². The van der Waals surface area contributed by atoms with Gasteiger partial charge in [-0.15, -0.1) is 0 Å². The Balaban J connectivity index is 2.34. The van der Waals surface area contributed by atoms with E-state index >= 15 is 0 Å². The quantitative estimate of drug-likeness (QED) is 0.840. The molecule has 0 aromatic heterocycles. The molecule has 3 heteroatoms. The van der Waals surface area contributed by atoms with Crippen molar-refractivity contribution in [2.45, 2.75) is 33.1 Å². The van der Waals surface area contributed by atoms with Gasteiger partial charge < -0.3 is 15.2 Å². The molecule has 0 bridgehead atoms. The smallest absolute Gasteiger partial charge is 0.123 e. The summed E-state index contributed by atoms with van der Waals surface area (Å²) in [6, 6.07) is 12.5. The molecule has 2 aromatic rings. The number of methoxy groups -OCH3 is 1. The lowest BCUT2D eigenvalue weighted by atomic mass is 9.89. The molecule has 0 saturated carbocycles. The molecule has 0 heterocycles. The van der Waals surface area contributed by atoms with E-state index in [0.717, 1.165) is 17.9 Å². The van der Waals surface area contributed by atoms with Crippen LogP contribution in [0.25, 0.3) is 0 Å². The Kier molecular flexibility index (Phi) is 6.05. The van der Waals surface area contributed by atoms with Gasteiger partial charge in [0.05, 0.1) is 13.7 Å². The topological polar surface area (TPSA) is 44.5 Å². The summed E-state index contributed by atoms with van der Waals surface area (Å²) in [5.74, 6) is 2.06. The summed E-state index contributed by atoms with van der Waals surface area (Å²) in [6.07, 6.45) is 0.871. The van der Waals surface area contributed by atoms with Gasteiger partial charge in [0.15, 0.2) is 0 Å². The average molecular weight is 313 g/mol. The molecule has 0 spiro atoms. The molecule has 0 aliphatic rings. The summed E-state index contributed by atoms with van der Waals surface area (Å²) < 4.78 is 11.2. The molecule has 3 nitrogen and oxygen atoms in total. The third kappa shape index (κ3) is 4.26. The SMILES string of the molecule is CCOc1cc(C)c(C)cc1C(CN)Cc1cccc(OC)c1. The van der Waals surface area contributed by atoms with Crippen LogP contribution in [0.3, 0.4) is 0 Å². The van der Waals surface area contributed by atoms with Crippen molar-refractivity contribution in [1.29, 1.82) is 0 Å². The molecule has 0 saturated heterocycles. The number of hydrogen-bond donors (Lipinski definition) is 1. The molecule has 2 rings (SSSR count). The van der Waals surface area contributed by atoms with E-state index in [1.54, 1.807) is 7.11 Å². The lowest BCUT2D eigenvalue weighted by Gasteiger charge is -2.21. The maximum atomic E-state index is 6.09. The summed E-state index contributed by atoms with van der Waals surface area (Å²) >= 11 is 0. The highest BCUT2D eigenvalue weighted by molar-refractivity contribution is 5.45. The van der Waals surface area contributed by atoms with Crippen LogP contribution in [0.15, 0.2) is 36.4 Å². The number of aryl methyl sites for hydroxylation is 2. The summed E-state index contributed by atoms with van der Waals surface area (Å²) in [6.45, 7) is 7.50. The molecule has 2 aromatic carbocycles. The third-order valence-corrected chi connectivity index (χ3v) is 4.27. The Labute approximate surface area is 139 Å². The normalized spacial score (nSPS) is 12.0. The van der Waals surface area contributed by atoms with Crippen molar-refractivity contribution in [2.24, 2.45) is 5.73 Å². The minimum Gasteiger partial charge on any atom is -0.497 e. The van der Waals surface area contributed by atoms with Crippen molar-refractivity contribution >= 4 is 0 Å². The zero-order valence-corrected chi connectivity index (χ0v) is 14.6. The number of rotatable bonds is 7. The van der Waals surface area contributed by atoms with Crippen LogP contribution < -0.4 is 15.2 Å². The van der Waals surface area contributed by atoms with Gasteiger partial charge in [0, 0.05) is 5.92 Å². The summed E-state index contributed by atoms with van der Waals surface area (Å²) in [5.41, 5.74) is 11.0. The van der Waals surface area contributed by atoms with Gasteiger partial charge in [-0.3, -0.25) is 0 Å². The van der Waals surface area contributed by atoms with Crippen LogP contribution >= 0.6 is 0 Å². The molecule has 2 N–H and O–H groups in total. The fourth-order valence-electron chi connectivity index (χ4n) is 2.82. The van der Waals surface area contributed by atoms with Crippen molar-refractivity contribution in [3.8, 4) is 11.5 Å². The fourth-order valence-corrected chi connectivity index (χ4v) is 2.82. The molecular weight excluding hydrogens is 286 g/mol. The summed E-state index contributed by atoms with van der Waals surface area (Å²) in [5, 5.41) is 0. The molecule has 0 aliphatic heterocycles. The van der Waals surface area contributed by atoms with Crippen molar-refractivity contribution in [2.75, 3.05) is 20.3 Å². The number of hydrogen-bond acceptors (Lipinski definition) is 3. The van der Waals surface area contributed by atoms with Crippen LogP contribution in [-0.2, 0) is 6.42 Å². The van der Waals surface area contributed by atoms with E-state index in [0.29, 0.717) is 13.2 Å².